The first-order valence-electron chi connectivity index (χ1n) is 6.47. The lowest BCUT2D eigenvalue weighted by Gasteiger charge is -1.97. The minimum atomic E-state index is -0.490. The molecule has 0 aliphatic heterocycles. The Morgan fingerprint density at radius 2 is 1.81 bits per heavy atom. The maximum Gasteiger partial charge on any atom is 0.267 e. The zero-order chi connectivity index (χ0) is 15.1. The van der Waals surface area contributed by atoms with Crippen molar-refractivity contribution in [1.82, 2.24) is 4.98 Å². The molecule has 2 heterocycles. The number of nitrogens with two attached hydrogens (primary N) is 1. The van der Waals surface area contributed by atoms with Gasteiger partial charge in [-0.3, -0.25) is 9.78 Å². The first-order valence-corrected chi connectivity index (χ1v) is 7.41. The van der Waals surface area contributed by atoms with E-state index in [2.05, 4.69) is 53.0 Å². The lowest BCUT2D eigenvalue weighted by molar-refractivity contribution is 0.0995. The predicted octanol–water partition coefficient (Wildman–Crippen LogP) is 3.90. The zero-order valence-corrected chi connectivity index (χ0v) is 12.5. The van der Waals surface area contributed by atoms with E-state index in [1.165, 1.54) is 22.9 Å². The van der Waals surface area contributed by atoms with E-state index in [9.17, 15) is 4.79 Å². The van der Waals surface area contributed by atoms with Crippen LogP contribution >= 0.6 is 11.3 Å². The number of benzene rings is 1. The summed E-state index contributed by atoms with van der Waals surface area (Å²) < 4.78 is 0. The van der Waals surface area contributed by atoms with Gasteiger partial charge in [0.15, 0.2) is 0 Å². The number of rotatable bonds is 2. The van der Waals surface area contributed by atoms with Gasteiger partial charge < -0.3 is 5.73 Å². The number of primary amides is 1. The molecule has 3 rings (SSSR count). The van der Waals surface area contributed by atoms with Gasteiger partial charge in [0.1, 0.15) is 5.69 Å². The number of aromatic nitrogens is 1. The lowest BCUT2D eigenvalue weighted by atomic mass is 10.1. The Balaban J connectivity index is 0.000000161. The number of hydrogen-bond acceptors (Lipinski definition) is 3. The number of pyridine rings is 1. The summed E-state index contributed by atoms with van der Waals surface area (Å²) in [6, 6.07) is 15.8. The molecule has 0 saturated carbocycles. The van der Waals surface area contributed by atoms with E-state index >= 15 is 0 Å². The van der Waals surface area contributed by atoms with Crippen molar-refractivity contribution < 1.29 is 4.79 Å². The summed E-state index contributed by atoms with van der Waals surface area (Å²) in [5, 5.41) is 4.28. The van der Waals surface area contributed by atoms with Gasteiger partial charge in [-0.25, -0.2) is 0 Å². The van der Waals surface area contributed by atoms with Crippen LogP contribution in [0.2, 0.25) is 0 Å². The van der Waals surface area contributed by atoms with Crippen LogP contribution in [0.5, 0.6) is 0 Å². The number of amides is 1. The van der Waals surface area contributed by atoms with Crippen LogP contribution in [0.15, 0.2) is 65.5 Å². The van der Waals surface area contributed by atoms with Crippen molar-refractivity contribution in [3.8, 4) is 11.1 Å². The van der Waals surface area contributed by atoms with Gasteiger partial charge in [0.25, 0.3) is 5.91 Å². The quantitative estimate of drug-likeness (QED) is 0.779. The molecule has 0 bridgehead atoms. The molecule has 3 nitrogen and oxygen atoms in total. The summed E-state index contributed by atoms with van der Waals surface area (Å²) in [5.74, 6) is -0.490. The second-order valence-electron chi connectivity index (χ2n) is 4.46. The average Bonchev–Trinajstić information content (AvgIpc) is 3.04. The summed E-state index contributed by atoms with van der Waals surface area (Å²) in [7, 11) is 0. The Labute approximate surface area is 128 Å². The molecular weight excluding hydrogens is 280 g/mol. The maximum absolute atomic E-state index is 10.4. The number of thiophene rings is 1. The summed E-state index contributed by atoms with van der Waals surface area (Å²) in [6.07, 6.45) is 1.53. The van der Waals surface area contributed by atoms with Crippen molar-refractivity contribution in [2.75, 3.05) is 0 Å². The third kappa shape index (κ3) is 4.54. The van der Waals surface area contributed by atoms with Gasteiger partial charge in [-0.2, -0.15) is 11.3 Å². The topological polar surface area (TPSA) is 56.0 Å². The van der Waals surface area contributed by atoms with Crippen LogP contribution < -0.4 is 5.73 Å². The molecule has 0 atom stereocenters. The molecule has 0 spiro atoms. The second-order valence-corrected chi connectivity index (χ2v) is 5.24. The zero-order valence-electron chi connectivity index (χ0n) is 11.7. The molecule has 0 fully saturated rings. The highest BCUT2D eigenvalue weighted by Crippen LogP contribution is 2.21. The number of nitrogens with zero attached hydrogens (tertiary/aromatic N) is 1. The van der Waals surface area contributed by atoms with E-state index in [0.717, 1.165) is 0 Å². The third-order valence-corrected chi connectivity index (χ3v) is 3.51. The molecule has 3 aromatic rings. The summed E-state index contributed by atoms with van der Waals surface area (Å²) in [5.41, 5.74) is 9.16. The van der Waals surface area contributed by atoms with Crippen molar-refractivity contribution in [2.45, 2.75) is 6.92 Å². The summed E-state index contributed by atoms with van der Waals surface area (Å²) in [4.78, 5) is 14.1. The third-order valence-electron chi connectivity index (χ3n) is 2.82. The van der Waals surface area contributed by atoms with E-state index in [1.807, 2.05) is 0 Å². The molecule has 0 radical (unpaired) electrons. The molecule has 106 valence electrons. The minimum absolute atomic E-state index is 0.303. The fourth-order valence-corrected chi connectivity index (χ4v) is 2.35. The predicted molar refractivity (Wildman–Crippen MR) is 87.2 cm³/mol. The van der Waals surface area contributed by atoms with Crippen molar-refractivity contribution >= 4 is 17.2 Å². The minimum Gasteiger partial charge on any atom is -0.364 e. The average molecular weight is 296 g/mol. The van der Waals surface area contributed by atoms with Crippen LogP contribution in [0.25, 0.3) is 11.1 Å². The smallest absolute Gasteiger partial charge is 0.267 e. The first kappa shape index (κ1) is 14.9. The van der Waals surface area contributed by atoms with Crippen LogP contribution in [0, 0.1) is 6.92 Å². The summed E-state index contributed by atoms with van der Waals surface area (Å²) in [6.45, 7) is 2.11. The highest BCUT2D eigenvalue weighted by atomic mass is 32.1. The normalized spacial score (nSPS) is 9.57. The molecule has 4 heteroatoms. The van der Waals surface area contributed by atoms with E-state index in [-0.39, 0.29) is 0 Å². The van der Waals surface area contributed by atoms with E-state index in [0.29, 0.717) is 5.69 Å². The van der Waals surface area contributed by atoms with E-state index in [4.69, 9.17) is 5.73 Å². The fourth-order valence-electron chi connectivity index (χ4n) is 1.68. The number of carbonyl (C=O) groups is 1. The second kappa shape index (κ2) is 7.36. The van der Waals surface area contributed by atoms with Crippen LogP contribution in [0.3, 0.4) is 0 Å². The van der Waals surface area contributed by atoms with Crippen molar-refractivity contribution in [2.24, 2.45) is 5.73 Å². The Kier molecular flexibility index (Phi) is 5.23. The van der Waals surface area contributed by atoms with E-state index < -0.39 is 5.91 Å². The fraction of sp³-hybridized carbons (Fsp3) is 0.0588. The largest absolute Gasteiger partial charge is 0.364 e. The molecule has 1 amide bonds. The van der Waals surface area contributed by atoms with Gasteiger partial charge >= 0.3 is 0 Å². The number of hydrogen-bond donors (Lipinski definition) is 1. The van der Waals surface area contributed by atoms with Gasteiger partial charge in [0, 0.05) is 6.20 Å². The molecule has 2 aromatic heterocycles. The molecule has 1 aromatic carbocycles. The molecule has 21 heavy (non-hydrogen) atoms. The van der Waals surface area contributed by atoms with Gasteiger partial charge in [-0.05, 0) is 47.0 Å². The monoisotopic (exact) mass is 296 g/mol. The summed E-state index contributed by atoms with van der Waals surface area (Å²) >= 11 is 1.74. The maximum atomic E-state index is 10.4. The number of aryl methyl sites for hydroxylation is 1. The van der Waals surface area contributed by atoms with Crippen molar-refractivity contribution in [1.29, 1.82) is 0 Å². The van der Waals surface area contributed by atoms with Crippen LogP contribution in [-0.2, 0) is 0 Å². The molecular formula is C17H16N2OS. The van der Waals surface area contributed by atoms with Crippen molar-refractivity contribution in [3.05, 3.63) is 76.7 Å². The molecule has 0 unspecified atom stereocenters. The van der Waals surface area contributed by atoms with Gasteiger partial charge in [0.2, 0.25) is 0 Å². The van der Waals surface area contributed by atoms with Crippen LogP contribution in [0.1, 0.15) is 16.1 Å². The Morgan fingerprint density at radius 3 is 2.29 bits per heavy atom. The number of carbonyl (C=O) groups excluding carboxylic acids is 1. The molecule has 0 aliphatic rings. The SMILES string of the molecule is Cc1ccc(-c2ccsc2)cc1.NC(=O)c1ccccn1. The standard InChI is InChI=1S/C11H10S.C6H6N2O/c1-9-2-4-10(5-3-9)11-6-7-12-8-11;7-6(9)5-3-1-2-4-8-5/h2-8H,1H3;1-4H,(H2,7,9). The lowest BCUT2D eigenvalue weighted by Crippen LogP contribution is -2.12. The van der Waals surface area contributed by atoms with Gasteiger partial charge in [-0.1, -0.05) is 35.9 Å². The van der Waals surface area contributed by atoms with Crippen molar-refractivity contribution in [3.63, 3.8) is 0 Å². The van der Waals surface area contributed by atoms with Crippen LogP contribution in [0.4, 0.5) is 0 Å². The molecule has 2 N–H and O–H groups in total. The Bertz CT molecular complexity index is 677. The Hall–Kier alpha value is -2.46. The molecule has 0 aliphatic carbocycles. The van der Waals surface area contributed by atoms with Crippen LogP contribution in [-0.4, -0.2) is 10.9 Å². The highest BCUT2D eigenvalue weighted by molar-refractivity contribution is 7.08. The highest BCUT2D eigenvalue weighted by Gasteiger charge is 1.96. The Morgan fingerprint density at radius 1 is 1.05 bits per heavy atom. The van der Waals surface area contributed by atoms with E-state index in [1.54, 1.807) is 29.5 Å². The van der Waals surface area contributed by atoms with Gasteiger partial charge in [-0.15, -0.1) is 0 Å². The molecule has 0 saturated heterocycles. The van der Waals surface area contributed by atoms with Gasteiger partial charge in [0.05, 0.1) is 0 Å². The first-order chi connectivity index (χ1) is 10.2.